The average Bonchev–Trinajstić information content (AvgIpc) is 2.99. The van der Waals surface area contributed by atoms with Crippen LogP contribution in [0.4, 0.5) is 0 Å². The first kappa shape index (κ1) is 21.1. The summed E-state index contributed by atoms with van der Waals surface area (Å²) in [5, 5.41) is 7.81. The van der Waals surface area contributed by atoms with Crippen molar-refractivity contribution in [2.45, 2.75) is 51.6 Å². The molecule has 1 saturated carbocycles. The second-order valence-corrected chi connectivity index (χ2v) is 7.63. The van der Waals surface area contributed by atoms with E-state index in [1.165, 1.54) is 12.5 Å². The number of esters is 1. The molecule has 154 valence electrons. The van der Waals surface area contributed by atoms with Crippen LogP contribution in [0.25, 0.3) is 6.08 Å². The summed E-state index contributed by atoms with van der Waals surface area (Å²) in [6, 6.07) is 10.1. The van der Waals surface area contributed by atoms with E-state index in [-0.39, 0.29) is 18.6 Å². The molecule has 29 heavy (non-hydrogen) atoms. The fourth-order valence-corrected chi connectivity index (χ4v) is 3.77. The molecule has 2 aromatic rings. The van der Waals surface area contributed by atoms with Gasteiger partial charge in [0.05, 0.1) is 12.2 Å². The Balaban J connectivity index is 1.52. The Morgan fingerprint density at radius 1 is 1.24 bits per heavy atom. The first-order valence-corrected chi connectivity index (χ1v) is 10.3. The van der Waals surface area contributed by atoms with Gasteiger partial charge in [0.15, 0.2) is 6.61 Å². The zero-order chi connectivity index (χ0) is 20.6. The lowest BCUT2D eigenvalue weighted by atomic mass is 9.95. The number of aromatic nitrogens is 2. The normalized spacial score (nSPS) is 14.8. The molecule has 1 heterocycles. The molecule has 1 aromatic heterocycles. The first-order valence-electron chi connectivity index (χ1n) is 9.94. The van der Waals surface area contributed by atoms with Gasteiger partial charge in [-0.25, -0.2) is 9.48 Å². The molecule has 1 amide bonds. The van der Waals surface area contributed by atoms with E-state index < -0.39 is 5.97 Å². The largest absolute Gasteiger partial charge is 0.452 e. The standard InChI is InChI=1S/C22H26ClN3O3/c1-16-19(22(23)26(25-16)14-17-8-4-2-5-9-17)12-13-21(28)29-15-20(27)24-18-10-6-3-7-11-18/h2,4-5,8-9,12-13,18H,3,6-7,10-11,14-15H2,1H3,(H,24,27)/b13-12+. The van der Waals surface area contributed by atoms with Crippen LogP contribution < -0.4 is 5.32 Å². The molecule has 6 nitrogen and oxygen atoms in total. The van der Waals surface area contributed by atoms with Gasteiger partial charge in [0.2, 0.25) is 0 Å². The van der Waals surface area contributed by atoms with Gasteiger partial charge in [-0.05, 0) is 31.4 Å². The Kier molecular flexibility index (Phi) is 7.47. The molecular weight excluding hydrogens is 390 g/mol. The van der Waals surface area contributed by atoms with Crippen LogP contribution in [0.5, 0.6) is 0 Å². The summed E-state index contributed by atoms with van der Waals surface area (Å²) < 4.78 is 6.73. The zero-order valence-corrected chi connectivity index (χ0v) is 17.3. The van der Waals surface area contributed by atoms with Gasteiger partial charge in [0, 0.05) is 17.7 Å². The number of ether oxygens (including phenoxy) is 1. The van der Waals surface area contributed by atoms with E-state index in [1.54, 1.807) is 10.8 Å². The third-order valence-corrected chi connectivity index (χ3v) is 5.39. The van der Waals surface area contributed by atoms with Gasteiger partial charge in [0.1, 0.15) is 5.15 Å². The number of aryl methyl sites for hydroxylation is 1. The van der Waals surface area contributed by atoms with Gasteiger partial charge in [0.25, 0.3) is 5.91 Å². The zero-order valence-electron chi connectivity index (χ0n) is 16.6. The molecule has 0 aliphatic heterocycles. The maximum absolute atomic E-state index is 12.0. The summed E-state index contributed by atoms with van der Waals surface area (Å²) in [5.41, 5.74) is 2.45. The van der Waals surface area contributed by atoms with Crippen molar-refractivity contribution in [3.05, 3.63) is 58.4 Å². The molecule has 0 atom stereocenters. The first-order chi connectivity index (χ1) is 14.0. The Hall–Kier alpha value is -2.60. The number of carbonyl (C=O) groups excluding carboxylic acids is 2. The number of benzene rings is 1. The predicted octanol–water partition coefficient (Wildman–Crippen LogP) is 3.90. The summed E-state index contributed by atoms with van der Waals surface area (Å²) in [7, 11) is 0. The summed E-state index contributed by atoms with van der Waals surface area (Å²) in [6.07, 6.45) is 8.31. The molecule has 0 spiro atoms. The SMILES string of the molecule is Cc1nn(Cc2ccccc2)c(Cl)c1/C=C/C(=O)OCC(=O)NC1CCCCC1. The van der Waals surface area contributed by atoms with Crippen molar-refractivity contribution >= 4 is 29.6 Å². The van der Waals surface area contributed by atoms with Crippen LogP contribution in [0.1, 0.15) is 48.9 Å². The van der Waals surface area contributed by atoms with E-state index in [2.05, 4.69) is 10.4 Å². The minimum absolute atomic E-state index is 0.197. The number of carbonyl (C=O) groups is 2. The lowest BCUT2D eigenvalue weighted by Gasteiger charge is -2.22. The van der Waals surface area contributed by atoms with Crippen LogP contribution in [-0.4, -0.2) is 34.3 Å². The molecule has 1 N–H and O–H groups in total. The molecule has 0 bridgehead atoms. The molecule has 7 heteroatoms. The number of hydrogen-bond donors (Lipinski definition) is 1. The maximum atomic E-state index is 12.0. The summed E-state index contributed by atoms with van der Waals surface area (Å²) in [4.78, 5) is 23.9. The van der Waals surface area contributed by atoms with Gasteiger partial charge in [-0.2, -0.15) is 5.10 Å². The topological polar surface area (TPSA) is 73.2 Å². The predicted molar refractivity (Wildman–Crippen MR) is 113 cm³/mol. The molecule has 1 aromatic carbocycles. The molecule has 1 aliphatic rings. The Morgan fingerprint density at radius 3 is 2.69 bits per heavy atom. The van der Waals surface area contributed by atoms with Crippen molar-refractivity contribution in [2.75, 3.05) is 6.61 Å². The van der Waals surface area contributed by atoms with Crippen molar-refractivity contribution in [3.63, 3.8) is 0 Å². The Morgan fingerprint density at radius 2 is 1.97 bits per heavy atom. The second-order valence-electron chi connectivity index (χ2n) is 7.28. The van der Waals surface area contributed by atoms with Crippen LogP contribution in [0.3, 0.4) is 0 Å². The number of amides is 1. The van der Waals surface area contributed by atoms with Crippen molar-refractivity contribution in [1.82, 2.24) is 15.1 Å². The van der Waals surface area contributed by atoms with Crippen molar-refractivity contribution in [3.8, 4) is 0 Å². The number of halogens is 1. The lowest BCUT2D eigenvalue weighted by Crippen LogP contribution is -2.38. The van der Waals surface area contributed by atoms with Crippen molar-refractivity contribution < 1.29 is 14.3 Å². The van der Waals surface area contributed by atoms with E-state index in [1.807, 2.05) is 37.3 Å². The van der Waals surface area contributed by atoms with Gasteiger partial charge in [-0.1, -0.05) is 61.2 Å². The highest BCUT2D eigenvalue weighted by molar-refractivity contribution is 6.31. The molecule has 1 fully saturated rings. The van der Waals surface area contributed by atoms with E-state index >= 15 is 0 Å². The fourth-order valence-electron chi connectivity index (χ4n) is 3.47. The Bertz CT molecular complexity index is 871. The minimum Gasteiger partial charge on any atom is -0.452 e. The number of nitrogens with zero attached hydrogens (tertiary/aromatic N) is 2. The quantitative estimate of drug-likeness (QED) is 0.549. The van der Waals surface area contributed by atoms with E-state index in [0.29, 0.717) is 23.0 Å². The third-order valence-electron chi connectivity index (χ3n) is 4.99. The number of rotatable bonds is 7. The van der Waals surface area contributed by atoms with Crippen molar-refractivity contribution in [1.29, 1.82) is 0 Å². The molecule has 3 rings (SSSR count). The molecule has 0 radical (unpaired) electrons. The summed E-state index contributed by atoms with van der Waals surface area (Å²) >= 11 is 6.43. The average molecular weight is 416 g/mol. The highest BCUT2D eigenvalue weighted by Gasteiger charge is 2.16. The van der Waals surface area contributed by atoms with Crippen LogP contribution >= 0.6 is 11.6 Å². The molecular formula is C22H26ClN3O3. The molecule has 1 aliphatic carbocycles. The Labute approximate surface area is 175 Å². The number of nitrogens with one attached hydrogen (secondary N) is 1. The highest BCUT2D eigenvalue weighted by Crippen LogP contribution is 2.22. The fraction of sp³-hybridized carbons (Fsp3) is 0.409. The molecule has 0 saturated heterocycles. The van der Waals surface area contributed by atoms with Crippen molar-refractivity contribution in [2.24, 2.45) is 0 Å². The van der Waals surface area contributed by atoms with Crippen LogP contribution in [0.15, 0.2) is 36.4 Å². The smallest absolute Gasteiger partial charge is 0.331 e. The van der Waals surface area contributed by atoms with Crippen LogP contribution in [0, 0.1) is 6.92 Å². The van der Waals surface area contributed by atoms with Gasteiger partial charge >= 0.3 is 5.97 Å². The maximum Gasteiger partial charge on any atom is 0.331 e. The lowest BCUT2D eigenvalue weighted by molar-refractivity contribution is -0.144. The van der Waals surface area contributed by atoms with E-state index in [0.717, 1.165) is 31.2 Å². The highest BCUT2D eigenvalue weighted by atomic mass is 35.5. The van der Waals surface area contributed by atoms with E-state index in [9.17, 15) is 9.59 Å². The van der Waals surface area contributed by atoms with Gasteiger partial charge in [-0.15, -0.1) is 0 Å². The van der Waals surface area contributed by atoms with Gasteiger partial charge in [-0.3, -0.25) is 4.79 Å². The summed E-state index contributed by atoms with van der Waals surface area (Å²) in [6.45, 7) is 2.09. The van der Waals surface area contributed by atoms with Crippen LogP contribution in [-0.2, 0) is 20.9 Å². The summed E-state index contributed by atoms with van der Waals surface area (Å²) in [5.74, 6) is -0.849. The number of hydrogen-bond acceptors (Lipinski definition) is 4. The second kappa shape index (κ2) is 10.3. The monoisotopic (exact) mass is 415 g/mol. The van der Waals surface area contributed by atoms with Gasteiger partial charge < -0.3 is 10.1 Å². The third kappa shape index (κ3) is 6.19. The minimum atomic E-state index is -0.588. The van der Waals surface area contributed by atoms with E-state index in [4.69, 9.17) is 16.3 Å². The van der Waals surface area contributed by atoms with Crippen LogP contribution in [0.2, 0.25) is 5.15 Å². The molecule has 0 unspecified atom stereocenters.